The molecule has 2 aliphatic rings. The first-order valence-electron chi connectivity index (χ1n) is 9.41. The molecule has 1 atom stereocenters. The van der Waals surface area contributed by atoms with Crippen LogP contribution in [0.25, 0.3) is 0 Å². The molecule has 4 rings (SSSR count). The third-order valence-electron chi connectivity index (χ3n) is 5.31. The SMILES string of the molecule is O=C([C@@H]1CCOc2ccccc2C1)N1CCN(Cc2ccccn2)CC1. The molecule has 5 heteroatoms. The van der Waals surface area contributed by atoms with Crippen LogP contribution < -0.4 is 4.74 Å². The highest BCUT2D eigenvalue weighted by molar-refractivity contribution is 5.79. The van der Waals surface area contributed by atoms with E-state index < -0.39 is 0 Å². The van der Waals surface area contributed by atoms with Crippen molar-refractivity contribution >= 4 is 5.91 Å². The highest BCUT2D eigenvalue weighted by atomic mass is 16.5. The Morgan fingerprint density at radius 2 is 1.88 bits per heavy atom. The maximum atomic E-state index is 13.0. The quantitative estimate of drug-likeness (QED) is 0.852. The van der Waals surface area contributed by atoms with Crippen molar-refractivity contribution in [3.63, 3.8) is 0 Å². The molecule has 1 saturated heterocycles. The number of carbonyl (C=O) groups excluding carboxylic acids is 1. The summed E-state index contributed by atoms with van der Waals surface area (Å²) in [6.07, 6.45) is 3.41. The van der Waals surface area contributed by atoms with Crippen LogP contribution in [0.1, 0.15) is 17.7 Å². The Hall–Kier alpha value is -2.40. The van der Waals surface area contributed by atoms with Gasteiger partial charge in [0.2, 0.25) is 5.91 Å². The fraction of sp³-hybridized carbons (Fsp3) is 0.429. The molecule has 0 unspecified atom stereocenters. The zero-order valence-electron chi connectivity index (χ0n) is 15.0. The second kappa shape index (κ2) is 7.87. The van der Waals surface area contributed by atoms with E-state index in [9.17, 15) is 4.79 Å². The predicted molar refractivity (Wildman–Crippen MR) is 99.8 cm³/mol. The summed E-state index contributed by atoms with van der Waals surface area (Å²) >= 11 is 0. The minimum Gasteiger partial charge on any atom is -0.493 e. The summed E-state index contributed by atoms with van der Waals surface area (Å²) in [5, 5.41) is 0. The van der Waals surface area contributed by atoms with Gasteiger partial charge in [0.05, 0.1) is 12.3 Å². The van der Waals surface area contributed by atoms with Gasteiger partial charge in [0.15, 0.2) is 0 Å². The van der Waals surface area contributed by atoms with E-state index >= 15 is 0 Å². The zero-order valence-corrected chi connectivity index (χ0v) is 15.0. The van der Waals surface area contributed by atoms with Crippen LogP contribution in [-0.2, 0) is 17.8 Å². The summed E-state index contributed by atoms with van der Waals surface area (Å²) in [6, 6.07) is 14.1. The molecule has 26 heavy (non-hydrogen) atoms. The number of piperazine rings is 1. The lowest BCUT2D eigenvalue weighted by molar-refractivity contribution is -0.137. The summed E-state index contributed by atoms with van der Waals surface area (Å²) in [4.78, 5) is 21.8. The number of pyridine rings is 1. The zero-order chi connectivity index (χ0) is 17.8. The molecule has 1 aromatic heterocycles. The highest BCUT2D eigenvalue weighted by Crippen LogP contribution is 2.27. The number of para-hydroxylation sites is 1. The second-order valence-corrected chi connectivity index (χ2v) is 7.07. The Morgan fingerprint density at radius 3 is 2.69 bits per heavy atom. The molecular formula is C21H25N3O2. The number of fused-ring (bicyclic) bond motifs is 1. The molecule has 5 nitrogen and oxygen atoms in total. The Balaban J connectivity index is 1.33. The molecule has 1 amide bonds. The van der Waals surface area contributed by atoms with Gasteiger partial charge in [0, 0.05) is 44.8 Å². The number of nitrogens with zero attached hydrogens (tertiary/aromatic N) is 3. The first kappa shape index (κ1) is 17.0. The van der Waals surface area contributed by atoms with Crippen LogP contribution in [-0.4, -0.2) is 53.5 Å². The van der Waals surface area contributed by atoms with Crippen molar-refractivity contribution < 1.29 is 9.53 Å². The fourth-order valence-electron chi connectivity index (χ4n) is 3.81. The van der Waals surface area contributed by atoms with Crippen molar-refractivity contribution in [2.75, 3.05) is 32.8 Å². The summed E-state index contributed by atoms with van der Waals surface area (Å²) in [5.74, 6) is 1.24. The first-order valence-corrected chi connectivity index (χ1v) is 9.41. The Morgan fingerprint density at radius 1 is 1.08 bits per heavy atom. The average molecular weight is 351 g/mol. The lowest BCUT2D eigenvalue weighted by atomic mass is 9.95. The van der Waals surface area contributed by atoms with Crippen molar-refractivity contribution in [3.05, 3.63) is 59.9 Å². The van der Waals surface area contributed by atoms with Gasteiger partial charge in [0.1, 0.15) is 5.75 Å². The minimum atomic E-state index is 0.0287. The largest absolute Gasteiger partial charge is 0.493 e. The van der Waals surface area contributed by atoms with Crippen molar-refractivity contribution in [3.8, 4) is 5.75 Å². The molecule has 1 fully saturated rings. The molecule has 136 valence electrons. The molecule has 1 aromatic carbocycles. The van der Waals surface area contributed by atoms with Crippen LogP contribution >= 0.6 is 0 Å². The lowest BCUT2D eigenvalue weighted by Gasteiger charge is -2.36. The van der Waals surface area contributed by atoms with E-state index in [2.05, 4.69) is 22.0 Å². The van der Waals surface area contributed by atoms with E-state index in [1.165, 1.54) is 0 Å². The van der Waals surface area contributed by atoms with Crippen molar-refractivity contribution in [1.82, 2.24) is 14.8 Å². The number of ether oxygens (including phenoxy) is 1. The number of amides is 1. The molecule has 3 heterocycles. The van der Waals surface area contributed by atoms with Crippen LogP contribution in [0.15, 0.2) is 48.7 Å². The van der Waals surface area contributed by atoms with Crippen molar-refractivity contribution in [2.24, 2.45) is 5.92 Å². The summed E-state index contributed by atoms with van der Waals surface area (Å²) in [6.45, 7) is 4.88. The van der Waals surface area contributed by atoms with Crippen LogP contribution in [0.5, 0.6) is 5.75 Å². The molecule has 2 aliphatic heterocycles. The highest BCUT2D eigenvalue weighted by Gasteiger charge is 2.29. The summed E-state index contributed by atoms with van der Waals surface area (Å²) < 4.78 is 5.81. The molecule has 0 N–H and O–H groups in total. The predicted octanol–water partition coefficient (Wildman–Crippen LogP) is 2.37. The fourth-order valence-corrected chi connectivity index (χ4v) is 3.81. The maximum Gasteiger partial charge on any atom is 0.226 e. The van der Waals surface area contributed by atoms with E-state index in [4.69, 9.17) is 4.74 Å². The van der Waals surface area contributed by atoms with Crippen LogP contribution in [0.2, 0.25) is 0 Å². The number of rotatable bonds is 3. The lowest BCUT2D eigenvalue weighted by Crippen LogP contribution is -2.50. The molecule has 0 bridgehead atoms. The monoisotopic (exact) mass is 351 g/mol. The molecule has 0 aliphatic carbocycles. The minimum absolute atomic E-state index is 0.0287. The normalized spacial score (nSPS) is 20.8. The first-order chi connectivity index (χ1) is 12.8. The maximum absolute atomic E-state index is 13.0. The number of benzene rings is 1. The van der Waals surface area contributed by atoms with Crippen LogP contribution in [0.4, 0.5) is 0 Å². The summed E-state index contributed by atoms with van der Waals surface area (Å²) in [7, 11) is 0. The van der Waals surface area contributed by atoms with E-state index in [0.717, 1.165) is 62.6 Å². The third-order valence-corrected chi connectivity index (χ3v) is 5.31. The Labute approximate surface area is 154 Å². The van der Waals surface area contributed by atoms with Crippen molar-refractivity contribution in [2.45, 2.75) is 19.4 Å². The van der Waals surface area contributed by atoms with Gasteiger partial charge in [-0.2, -0.15) is 0 Å². The second-order valence-electron chi connectivity index (χ2n) is 7.07. The average Bonchev–Trinajstić information content (AvgIpc) is 2.91. The Kier molecular flexibility index (Phi) is 5.16. The van der Waals surface area contributed by atoms with Gasteiger partial charge in [-0.15, -0.1) is 0 Å². The van der Waals surface area contributed by atoms with Gasteiger partial charge in [-0.1, -0.05) is 24.3 Å². The van der Waals surface area contributed by atoms with Gasteiger partial charge in [-0.3, -0.25) is 14.7 Å². The molecule has 0 spiro atoms. The van der Waals surface area contributed by atoms with Gasteiger partial charge in [-0.25, -0.2) is 0 Å². The molecule has 0 radical (unpaired) electrons. The van der Waals surface area contributed by atoms with E-state index in [1.54, 1.807) is 0 Å². The number of hydrogen-bond donors (Lipinski definition) is 0. The number of aromatic nitrogens is 1. The topological polar surface area (TPSA) is 45.7 Å². The van der Waals surface area contributed by atoms with E-state index in [-0.39, 0.29) is 11.8 Å². The van der Waals surface area contributed by atoms with Gasteiger partial charge in [-0.05, 0) is 36.6 Å². The van der Waals surface area contributed by atoms with Crippen molar-refractivity contribution in [1.29, 1.82) is 0 Å². The molecular weight excluding hydrogens is 326 g/mol. The van der Waals surface area contributed by atoms with Gasteiger partial charge >= 0.3 is 0 Å². The van der Waals surface area contributed by atoms with E-state index in [0.29, 0.717) is 6.61 Å². The Bertz CT molecular complexity index is 742. The standard InChI is InChI=1S/C21H25N3O2/c25-21(18-8-14-26-20-7-2-1-5-17(20)15-18)24-12-10-23(11-13-24)16-19-6-3-4-9-22-19/h1-7,9,18H,8,10-16H2/t18-/m1/s1. The van der Waals surface area contributed by atoms with Gasteiger partial charge < -0.3 is 9.64 Å². The molecule has 0 saturated carbocycles. The third kappa shape index (κ3) is 3.88. The number of carbonyl (C=O) groups is 1. The van der Waals surface area contributed by atoms with Gasteiger partial charge in [0.25, 0.3) is 0 Å². The molecule has 2 aromatic rings. The van der Waals surface area contributed by atoms with Crippen LogP contribution in [0.3, 0.4) is 0 Å². The van der Waals surface area contributed by atoms with Crippen LogP contribution in [0, 0.1) is 5.92 Å². The summed E-state index contributed by atoms with van der Waals surface area (Å²) in [5.41, 5.74) is 2.24. The number of hydrogen-bond acceptors (Lipinski definition) is 4. The van der Waals surface area contributed by atoms with E-state index in [1.807, 2.05) is 41.4 Å². The smallest absolute Gasteiger partial charge is 0.226 e.